The van der Waals surface area contributed by atoms with Crippen LogP contribution in [0.4, 0.5) is 0 Å². The molecule has 0 saturated carbocycles. The van der Waals surface area contributed by atoms with Crippen LogP contribution >= 0.6 is 11.6 Å². The third-order valence-corrected chi connectivity index (χ3v) is 2.50. The van der Waals surface area contributed by atoms with E-state index >= 15 is 0 Å². The summed E-state index contributed by atoms with van der Waals surface area (Å²) in [6.45, 7) is 0.258. The van der Waals surface area contributed by atoms with E-state index in [2.05, 4.69) is 15.6 Å². The molecule has 0 bridgehead atoms. The van der Waals surface area contributed by atoms with Gasteiger partial charge in [0.2, 0.25) is 0 Å². The monoisotopic (exact) mass is 281 g/mol. The molecule has 0 radical (unpaired) electrons. The number of ether oxygens (including phenoxy) is 1. The summed E-state index contributed by atoms with van der Waals surface area (Å²) in [5.74, 6) is 0.0106. The Morgan fingerprint density at radius 2 is 2.16 bits per heavy atom. The molecule has 0 unspecified atom stereocenters. The first-order chi connectivity index (χ1) is 9.15. The van der Waals surface area contributed by atoms with Crippen molar-refractivity contribution in [3.8, 4) is 5.75 Å². The van der Waals surface area contributed by atoms with Crippen LogP contribution in [0.15, 0.2) is 30.9 Å². The Morgan fingerprint density at radius 3 is 2.84 bits per heavy atom. The first-order valence-electron chi connectivity index (χ1n) is 5.43. The fraction of sp³-hybridized carbons (Fsp3) is 0.182. The van der Waals surface area contributed by atoms with Crippen molar-refractivity contribution in [3.05, 3.63) is 41.4 Å². The average molecular weight is 282 g/mol. The predicted molar refractivity (Wildman–Crippen MR) is 69.2 cm³/mol. The Hall–Kier alpha value is -2.28. The Kier molecular flexibility index (Phi) is 4.19. The minimum atomic E-state index is -0.535. The molecule has 1 aromatic carbocycles. The summed E-state index contributed by atoms with van der Waals surface area (Å²) in [6, 6.07) is 5.11. The summed E-state index contributed by atoms with van der Waals surface area (Å²) >= 11 is 5.93. The summed E-state index contributed by atoms with van der Waals surface area (Å²) in [7, 11) is 0. The number of nitrogens with zero attached hydrogens (tertiary/aromatic N) is 3. The largest absolute Gasteiger partial charge is 0.483 e. The number of hydrogen-bond donors (Lipinski definition) is 2. The summed E-state index contributed by atoms with van der Waals surface area (Å²) < 4.78 is 6.91. The molecule has 0 atom stereocenters. The molecule has 1 heterocycles. The van der Waals surface area contributed by atoms with E-state index in [0.29, 0.717) is 17.3 Å². The Labute approximate surface area is 114 Å². The number of nitrogens with one attached hydrogen (secondary N) is 1. The molecule has 0 fully saturated rings. The zero-order chi connectivity index (χ0) is 13.7. The van der Waals surface area contributed by atoms with Gasteiger partial charge in [0, 0.05) is 10.6 Å². The second-order valence-electron chi connectivity index (χ2n) is 3.71. The highest BCUT2D eigenvalue weighted by atomic mass is 35.5. The van der Waals surface area contributed by atoms with Crippen LogP contribution in [0.2, 0.25) is 5.02 Å². The van der Waals surface area contributed by atoms with E-state index in [-0.39, 0.29) is 6.61 Å². The molecule has 0 aliphatic rings. The van der Waals surface area contributed by atoms with E-state index in [0.717, 1.165) is 5.56 Å². The lowest BCUT2D eigenvalue weighted by Gasteiger charge is -2.12. The molecular formula is C11H12ClN5O2. The number of carbonyl (C=O) groups is 1. The quantitative estimate of drug-likeness (QED) is 0.806. The smallest absolute Gasteiger partial charge is 0.255 e. The lowest BCUT2D eigenvalue weighted by atomic mass is 10.2. The van der Waals surface area contributed by atoms with E-state index in [1.54, 1.807) is 22.9 Å². The van der Waals surface area contributed by atoms with E-state index < -0.39 is 5.91 Å². The van der Waals surface area contributed by atoms with Gasteiger partial charge in [-0.05, 0) is 18.2 Å². The molecular weight excluding hydrogens is 270 g/mol. The Balaban J connectivity index is 2.08. The van der Waals surface area contributed by atoms with E-state index in [9.17, 15) is 4.79 Å². The van der Waals surface area contributed by atoms with Crippen molar-refractivity contribution in [1.82, 2.24) is 14.9 Å². The molecule has 1 aromatic heterocycles. The fourth-order valence-electron chi connectivity index (χ4n) is 1.43. The van der Waals surface area contributed by atoms with Gasteiger partial charge in [0.1, 0.15) is 18.4 Å². The maximum Gasteiger partial charge on any atom is 0.255 e. The second kappa shape index (κ2) is 6.05. The number of carbonyl (C=O) groups excluding carboxylic acids is 1. The molecule has 0 saturated heterocycles. The van der Waals surface area contributed by atoms with Gasteiger partial charge in [-0.1, -0.05) is 11.6 Å². The third-order valence-electron chi connectivity index (χ3n) is 2.26. The van der Waals surface area contributed by atoms with Crippen molar-refractivity contribution < 1.29 is 9.53 Å². The van der Waals surface area contributed by atoms with Crippen molar-refractivity contribution in [1.29, 1.82) is 0 Å². The zero-order valence-electron chi connectivity index (χ0n) is 9.91. The van der Waals surface area contributed by atoms with Gasteiger partial charge in [-0.3, -0.25) is 4.79 Å². The summed E-state index contributed by atoms with van der Waals surface area (Å²) in [5.41, 5.74) is 8.87. The number of hydrogen-bond acceptors (Lipinski definition) is 5. The SMILES string of the molecule is NC(=O)COc1ccc(Cl)cc1CNn1cnnc1. The number of benzene rings is 1. The van der Waals surface area contributed by atoms with Crippen molar-refractivity contribution in [2.75, 3.05) is 12.0 Å². The molecule has 100 valence electrons. The van der Waals surface area contributed by atoms with Crippen LogP contribution in [0.25, 0.3) is 0 Å². The minimum Gasteiger partial charge on any atom is -0.483 e. The van der Waals surface area contributed by atoms with Gasteiger partial charge < -0.3 is 15.9 Å². The lowest BCUT2D eigenvalue weighted by Crippen LogP contribution is -2.21. The number of rotatable bonds is 6. The maximum absolute atomic E-state index is 10.7. The molecule has 3 N–H and O–H groups in total. The van der Waals surface area contributed by atoms with Gasteiger partial charge in [0.15, 0.2) is 6.61 Å². The van der Waals surface area contributed by atoms with Gasteiger partial charge in [0.05, 0.1) is 6.54 Å². The van der Waals surface area contributed by atoms with Crippen LogP contribution in [0.1, 0.15) is 5.56 Å². The normalized spacial score (nSPS) is 10.2. The summed E-state index contributed by atoms with van der Waals surface area (Å²) in [6.07, 6.45) is 3.04. The van der Waals surface area contributed by atoms with E-state index in [1.165, 1.54) is 12.7 Å². The molecule has 8 heteroatoms. The molecule has 19 heavy (non-hydrogen) atoms. The number of halogens is 1. The molecule has 7 nitrogen and oxygen atoms in total. The fourth-order valence-corrected chi connectivity index (χ4v) is 1.63. The van der Waals surface area contributed by atoms with Crippen LogP contribution in [-0.4, -0.2) is 27.4 Å². The zero-order valence-corrected chi connectivity index (χ0v) is 10.7. The highest BCUT2D eigenvalue weighted by molar-refractivity contribution is 6.30. The van der Waals surface area contributed by atoms with Crippen molar-refractivity contribution in [2.45, 2.75) is 6.54 Å². The van der Waals surface area contributed by atoms with E-state index in [4.69, 9.17) is 22.1 Å². The van der Waals surface area contributed by atoms with Crippen LogP contribution in [-0.2, 0) is 11.3 Å². The topological polar surface area (TPSA) is 95.1 Å². The second-order valence-corrected chi connectivity index (χ2v) is 4.15. The Morgan fingerprint density at radius 1 is 1.42 bits per heavy atom. The third kappa shape index (κ3) is 3.85. The van der Waals surface area contributed by atoms with E-state index in [1.807, 2.05) is 0 Å². The van der Waals surface area contributed by atoms with Crippen LogP contribution < -0.4 is 15.9 Å². The minimum absolute atomic E-state index is 0.179. The number of nitrogens with two attached hydrogens (primary N) is 1. The van der Waals surface area contributed by atoms with Crippen molar-refractivity contribution in [2.24, 2.45) is 5.73 Å². The molecule has 0 aliphatic heterocycles. The predicted octanol–water partition coefficient (Wildman–Crippen LogP) is 0.539. The maximum atomic E-state index is 10.7. The molecule has 0 aliphatic carbocycles. The van der Waals surface area contributed by atoms with Gasteiger partial charge in [-0.15, -0.1) is 10.2 Å². The first kappa shape index (κ1) is 13.2. The molecule has 2 rings (SSSR count). The van der Waals surface area contributed by atoms with Crippen molar-refractivity contribution in [3.63, 3.8) is 0 Å². The van der Waals surface area contributed by atoms with Crippen LogP contribution in [0.3, 0.4) is 0 Å². The Bertz CT molecular complexity index is 558. The summed E-state index contributed by atoms with van der Waals surface area (Å²) in [4.78, 5) is 10.7. The standard InChI is InChI=1S/C11H12ClN5O2/c12-9-1-2-10(19-5-11(13)18)8(3-9)4-16-17-6-14-15-7-17/h1-3,6-7,16H,4-5H2,(H2,13,18). The number of primary amides is 1. The van der Waals surface area contributed by atoms with Gasteiger partial charge >= 0.3 is 0 Å². The van der Waals surface area contributed by atoms with Crippen molar-refractivity contribution >= 4 is 17.5 Å². The molecule has 1 amide bonds. The van der Waals surface area contributed by atoms with Crippen LogP contribution in [0.5, 0.6) is 5.75 Å². The lowest BCUT2D eigenvalue weighted by molar-refractivity contribution is -0.119. The summed E-state index contributed by atoms with van der Waals surface area (Å²) in [5, 5.41) is 7.91. The molecule has 0 spiro atoms. The van der Waals surface area contributed by atoms with Crippen LogP contribution in [0, 0.1) is 0 Å². The first-order valence-corrected chi connectivity index (χ1v) is 5.81. The number of aromatic nitrogens is 3. The highest BCUT2D eigenvalue weighted by Gasteiger charge is 2.06. The van der Waals surface area contributed by atoms with Gasteiger partial charge in [-0.2, -0.15) is 0 Å². The van der Waals surface area contributed by atoms with Gasteiger partial charge in [0.25, 0.3) is 5.91 Å². The average Bonchev–Trinajstić information content (AvgIpc) is 2.88. The number of amides is 1. The highest BCUT2D eigenvalue weighted by Crippen LogP contribution is 2.23. The molecule has 2 aromatic rings. The van der Waals surface area contributed by atoms with Gasteiger partial charge in [-0.25, -0.2) is 4.68 Å².